The van der Waals surface area contributed by atoms with E-state index in [0.717, 1.165) is 22.2 Å². The number of methoxy groups -OCH3 is 1. The fraction of sp³-hybridized carbons (Fsp3) is 0.389. The number of rotatable bonds is 6. The van der Waals surface area contributed by atoms with Gasteiger partial charge in [0.25, 0.3) is 0 Å². The van der Waals surface area contributed by atoms with E-state index in [2.05, 4.69) is 14.5 Å². The summed E-state index contributed by atoms with van der Waals surface area (Å²) in [6, 6.07) is 7.90. The van der Waals surface area contributed by atoms with Crippen LogP contribution in [0.4, 0.5) is 5.82 Å². The molecular formula is C18H23N5O2. The second kappa shape index (κ2) is 7.06. The number of aromatic nitrogens is 3. The van der Waals surface area contributed by atoms with Gasteiger partial charge in [0, 0.05) is 18.4 Å². The maximum absolute atomic E-state index is 11.4. The summed E-state index contributed by atoms with van der Waals surface area (Å²) in [5.41, 5.74) is 8.70. The van der Waals surface area contributed by atoms with Crippen molar-refractivity contribution in [2.24, 2.45) is 0 Å². The number of para-hydroxylation sites is 1. The molecular weight excluding hydrogens is 318 g/mol. The molecule has 0 aliphatic rings. The van der Waals surface area contributed by atoms with Crippen LogP contribution in [-0.4, -0.2) is 46.6 Å². The topological polar surface area (TPSA) is 86.3 Å². The molecule has 2 N–H and O–H groups in total. The van der Waals surface area contributed by atoms with E-state index in [1.807, 2.05) is 38.4 Å². The molecule has 0 radical (unpaired) electrons. The molecule has 0 fully saturated rings. The standard InChI is InChI=1S/C18H23N5O2/c1-22(2)11-14-21-16-17(23(14)10-6-9-15(24)25-3)12-7-4-5-8-13(12)20-18(16)19/h4-5,7-8H,6,9-11H2,1-3H3,(H2,19,20). The van der Waals surface area contributed by atoms with E-state index in [-0.39, 0.29) is 5.97 Å². The number of imidazole rings is 1. The van der Waals surface area contributed by atoms with Crippen LogP contribution in [0.25, 0.3) is 21.9 Å². The molecule has 7 nitrogen and oxygen atoms in total. The molecule has 0 saturated heterocycles. The zero-order chi connectivity index (χ0) is 18.0. The van der Waals surface area contributed by atoms with Gasteiger partial charge < -0.3 is 19.9 Å². The Kier molecular flexibility index (Phi) is 4.85. The second-order valence-electron chi connectivity index (χ2n) is 6.31. The minimum absolute atomic E-state index is 0.204. The predicted molar refractivity (Wildman–Crippen MR) is 98.1 cm³/mol. The number of nitrogens with two attached hydrogens (primary N) is 1. The Balaban J connectivity index is 2.13. The number of esters is 1. The zero-order valence-corrected chi connectivity index (χ0v) is 14.8. The number of nitrogen functional groups attached to an aromatic ring is 1. The molecule has 0 amide bonds. The molecule has 0 unspecified atom stereocenters. The van der Waals surface area contributed by atoms with E-state index in [1.54, 1.807) is 0 Å². The first-order valence-electron chi connectivity index (χ1n) is 8.26. The SMILES string of the molecule is COC(=O)CCCn1c(CN(C)C)nc2c(N)nc3ccccc3c21. The van der Waals surface area contributed by atoms with Crippen LogP contribution in [-0.2, 0) is 22.6 Å². The fourth-order valence-electron chi connectivity index (χ4n) is 3.03. The van der Waals surface area contributed by atoms with Crippen molar-refractivity contribution < 1.29 is 9.53 Å². The number of pyridine rings is 1. The van der Waals surface area contributed by atoms with Gasteiger partial charge in [0.15, 0.2) is 5.82 Å². The summed E-state index contributed by atoms with van der Waals surface area (Å²) < 4.78 is 6.89. The van der Waals surface area contributed by atoms with Gasteiger partial charge in [0.1, 0.15) is 11.3 Å². The molecule has 1 aromatic carbocycles. The van der Waals surface area contributed by atoms with Gasteiger partial charge in [-0.05, 0) is 26.6 Å². The predicted octanol–water partition coefficient (Wildman–Crippen LogP) is 2.18. The first-order chi connectivity index (χ1) is 12.0. The molecule has 2 heterocycles. The van der Waals surface area contributed by atoms with E-state index >= 15 is 0 Å². The normalized spacial score (nSPS) is 11.5. The van der Waals surface area contributed by atoms with Crippen LogP contribution in [0.15, 0.2) is 24.3 Å². The van der Waals surface area contributed by atoms with Crippen LogP contribution in [0, 0.1) is 0 Å². The molecule has 7 heteroatoms. The van der Waals surface area contributed by atoms with E-state index in [4.69, 9.17) is 15.5 Å². The number of nitrogens with zero attached hydrogens (tertiary/aromatic N) is 4. The van der Waals surface area contributed by atoms with Gasteiger partial charge in [-0.25, -0.2) is 9.97 Å². The maximum Gasteiger partial charge on any atom is 0.305 e. The Morgan fingerprint density at radius 2 is 2.04 bits per heavy atom. The van der Waals surface area contributed by atoms with Gasteiger partial charge in [-0.3, -0.25) is 4.79 Å². The van der Waals surface area contributed by atoms with Gasteiger partial charge in [-0.1, -0.05) is 18.2 Å². The largest absolute Gasteiger partial charge is 0.469 e. The number of anilines is 1. The molecule has 25 heavy (non-hydrogen) atoms. The molecule has 0 atom stereocenters. The first-order valence-corrected chi connectivity index (χ1v) is 8.26. The number of hydrogen-bond donors (Lipinski definition) is 1. The number of carbonyl (C=O) groups is 1. The Bertz CT molecular complexity index is 917. The number of carbonyl (C=O) groups excluding carboxylic acids is 1. The highest BCUT2D eigenvalue weighted by Gasteiger charge is 2.17. The van der Waals surface area contributed by atoms with Gasteiger partial charge in [-0.15, -0.1) is 0 Å². The van der Waals surface area contributed by atoms with E-state index < -0.39 is 0 Å². The molecule has 3 rings (SSSR count). The van der Waals surface area contributed by atoms with Gasteiger partial charge in [-0.2, -0.15) is 0 Å². The second-order valence-corrected chi connectivity index (χ2v) is 6.31. The third kappa shape index (κ3) is 3.41. The summed E-state index contributed by atoms with van der Waals surface area (Å²) in [5.74, 6) is 1.14. The highest BCUT2D eigenvalue weighted by atomic mass is 16.5. The Morgan fingerprint density at radius 3 is 2.76 bits per heavy atom. The summed E-state index contributed by atoms with van der Waals surface area (Å²) in [7, 11) is 5.40. The summed E-state index contributed by atoms with van der Waals surface area (Å²) in [6.45, 7) is 1.35. The fourth-order valence-corrected chi connectivity index (χ4v) is 3.03. The minimum Gasteiger partial charge on any atom is -0.469 e. The molecule has 2 aromatic heterocycles. The lowest BCUT2D eigenvalue weighted by molar-refractivity contribution is -0.140. The Morgan fingerprint density at radius 1 is 1.28 bits per heavy atom. The highest BCUT2D eigenvalue weighted by Crippen LogP contribution is 2.29. The summed E-state index contributed by atoms with van der Waals surface area (Å²) in [6.07, 6.45) is 1.05. The van der Waals surface area contributed by atoms with Crippen LogP contribution in [0.5, 0.6) is 0 Å². The lowest BCUT2D eigenvalue weighted by atomic mass is 10.2. The van der Waals surface area contributed by atoms with Crippen LogP contribution in [0.2, 0.25) is 0 Å². The Labute approximate surface area is 146 Å². The molecule has 0 aliphatic heterocycles. The minimum atomic E-state index is -0.204. The quantitative estimate of drug-likeness (QED) is 0.692. The van der Waals surface area contributed by atoms with Crippen molar-refractivity contribution in [2.75, 3.05) is 26.9 Å². The molecule has 3 aromatic rings. The summed E-state index contributed by atoms with van der Waals surface area (Å²) >= 11 is 0. The molecule has 0 aliphatic carbocycles. The third-order valence-electron chi connectivity index (χ3n) is 4.14. The lowest BCUT2D eigenvalue weighted by Gasteiger charge is -2.13. The van der Waals surface area contributed by atoms with E-state index in [0.29, 0.717) is 37.3 Å². The van der Waals surface area contributed by atoms with Crippen molar-refractivity contribution >= 4 is 33.7 Å². The number of benzene rings is 1. The van der Waals surface area contributed by atoms with Gasteiger partial charge in [0.05, 0.1) is 24.7 Å². The zero-order valence-electron chi connectivity index (χ0n) is 14.8. The van der Waals surface area contributed by atoms with Crippen molar-refractivity contribution in [2.45, 2.75) is 25.9 Å². The van der Waals surface area contributed by atoms with Crippen molar-refractivity contribution in [1.29, 1.82) is 0 Å². The molecule has 0 bridgehead atoms. The van der Waals surface area contributed by atoms with Gasteiger partial charge in [0.2, 0.25) is 0 Å². The smallest absolute Gasteiger partial charge is 0.305 e. The number of ether oxygens (including phenoxy) is 1. The first kappa shape index (κ1) is 17.2. The van der Waals surface area contributed by atoms with Crippen LogP contribution in [0.1, 0.15) is 18.7 Å². The van der Waals surface area contributed by atoms with Crippen LogP contribution in [0.3, 0.4) is 0 Å². The van der Waals surface area contributed by atoms with E-state index in [1.165, 1.54) is 7.11 Å². The molecule has 0 saturated carbocycles. The van der Waals surface area contributed by atoms with E-state index in [9.17, 15) is 4.79 Å². The lowest BCUT2D eigenvalue weighted by Crippen LogP contribution is -2.16. The number of aryl methyl sites for hydroxylation is 1. The highest BCUT2D eigenvalue weighted by molar-refractivity contribution is 6.06. The van der Waals surface area contributed by atoms with Gasteiger partial charge >= 0.3 is 5.97 Å². The third-order valence-corrected chi connectivity index (χ3v) is 4.14. The monoisotopic (exact) mass is 341 g/mol. The van der Waals surface area contributed by atoms with Crippen LogP contribution >= 0.6 is 0 Å². The molecule has 132 valence electrons. The Hall–Kier alpha value is -2.67. The number of fused-ring (bicyclic) bond motifs is 3. The van der Waals surface area contributed by atoms with Crippen molar-refractivity contribution in [1.82, 2.24) is 19.4 Å². The summed E-state index contributed by atoms with van der Waals surface area (Å²) in [4.78, 5) is 22.7. The van der Waals surface area contributed by atoms with Crippen molar-refractivity contribution in [3.8, 4) is 0 Å². The average Bonchev–Trinajstić information content (AvgIpc) is 2.93. The number of hydrogen-bond acceptors (Lipinski definition) is 6. The summed E-state index contributed by atoms with van der Waals surface area (Å²) in [5, 5.41) is 1.02. The average molecular weight is 341 g/mol. The maximum atomic E-state index is 11.4. The van der Waals surface area contributed by atoms with Crippen molar-refractivity contribution in [3.63, 3.8) is 0 Å². The van der Waals surface area contributed by atoms with Crippen LogP contribution < -0.4 is 5.73 Å². The van der Waals surface area contributed by atoms with Crippen molar-refractivity contribution in [3.05, 3.63) is 30.1 Å². The molecule has 0 spiro atoms.